The van der Waals surface area contributed by atoms with Gasteiger partial charge < -0.3 is 0 Å². The van der Waals surface area contributed by atoms with E-state index in [0.29, 0.717) is 11.5 Å². The second-order valence-electron chi connectivity index (χ2n) is 5.09. The van der Waals surface area contributed by atoms with Crippen LogP contribution in [0.3, 0.4) is 0 Å². The Morgan fingerprint density at radius 2 is 1.84 bits per heavy atom. The lowest BCUT2D eigenvalue weighted by atomic mass is 10.0. The van der Waals surface area contributed by atoms with Crippen molar-refractivity contribution < 1.29 is 8.42 Å². The van der Waals surface area contributed by atoms with Crippen LogP contribution in [0.15, 0.2) is 29.2 Å². The fourth-order valence-electron chi connectivity index (χ4n) is 2.58. The molecule has 0 radical (unpaired) electrons. The average Bonchev–Trinajstić information content (AvgIpc) is 2.92. The number of rotatable bonds is 4. The van der Waals surface area contributed by atoms with Crippen molar-refractivity contribution >= 4 is 10.0 Å². The highest BCUT2D eigenvalue weighted by atomic mass is 32.2. The van der Waals surface area contributed by atoms with E-state index in [2.05, 4.69) is 4.72 Å². The predicted octanol–water partition coefficient (Wildman–Crippen LogP) is 2.42. The van der Waals surface area contributed by atoms with Gasteiger partial charge in [0.05, 0.1) is 16.5 Å². The van der Waals surface area contributed by atoms with Gasteiger partial charge in [0.1, 0.15) is 0 Å². The molecule has 1 saturated carbocycles. The van der Waals surface area contributed by atoms with E-state index >= 15 is 0 Å². The van der Waals surface area contributed by atoms with E-state index in [1.165, 1.54) is 37.1 Å². The lowest BCUT2D eigenvalue weighted by molar-refractivity contribution is 0.424. The first-order chi connectivity index (χ1) is 9.03. The summed E-state index contributed by atoms with van der Waals surface area (Å²) >= 11 is 0. The molecule has 0 heterocycles. The Hall–Kier alpha value is -1.38. The predicted molar refractivity (Wildman–Crippen MR) is 72.9 cm³/mol. The number of nitrogens with one attached hydrogen (secondary N) is 1. The van der Waals surface area contributed by atoms with Crippen molar-refractivity contribution in [1.82, 2.24) is 4.72 Å². The number of benzene rings is 1. The maximum Gasteiger partial charge on any atom is 0.240 e. The van der Waals surface area contributed by atoms with Crippen molar-refractivity contribution in [3.63, 3.8) is 0 Å². The summed E-state index contributed by atoms with van der Waals surface area (Å²) in [5.41, 5.74) is 0.461. The molecule has 1 fully saturated rings. The fourth-order valence-corrected chi connectivity index (χ4v) is 3.89. The van der Waals surface area contributed by atoms with Gasteiger partial charge in [0.25, 0.3) is 0 Å². The zero-order chi connectivity index (χ0) is 13.9. The Kier molecular flexibility index (Phi) is 4.23. The van der Waals surface area contributed by atoms with Crippen LogP contribution in [0.25, 0.3) is 0 Å². The third-order valence-corrected chi connectivity index (χ3v) is 5.32. The number of nitriles is 1. The monoisotopic (exact) mass is 278 g/mol. The van der Waals surface area contributed by atoms with Gasteiger partial charge in [0, 0.05) is 6.04 Å². The van der Waals surface area contributed by atoms with E-state index in [9.17, 15) is 8.42 Å². The Balaban J connectivity index is 2.10. The van der Waals surface area contributed by atoms with Crippen LogP contribution < -0.4 is 4.72 Å². The molecule has 1 N–H and O–H groups in total. The van der Waals surface area contributed by atoms with E-state index < -0.39 is 10.0 Å². The van der Waals surface area contributed by atoms with E-state index in [4.69, 9.17) is 5.26 Å². The average molecular weight is 278 g/mol. The second-order valence-corrected chi connectivity index (χ2v) is 6.80. The first kappa shape index (κ1) is 14.0. The molecule has 0 saturated heterocycles. The zero-order valence-electron chi connectivity index (χ0n) is 11.0. The number of sulfonamides is 1. The van der Waals surface area contributed by atoms with Gasteiger partial charge in [-0.15, -0.1) is 0 Å². The summed E-state index contributed by atoms with van der Waals surface area (Å²) in [4.78, 5) is 0.219. The molecular weight excluding hydrogens is 260 g/mol. The van der Waals surface area contributed by atoms with Crippen LogP contribution in [-0.2, 0) is 10.0 Å². The first-order valence-corrected chi connectivity index (χ1v) is 8.04. The molecule has 1 aromatic carbocycles. The minimum absolute atomic E-state index is 0.0388. The molecule has 4 nitrogen and oxygen atoms in total. The largest absolute Gasteiger partial charge is 0.240 e. The van der Waals surface area contributed by atoms with E-state index in [-0.39, 0.29) is 10.9 Å². The van der Waals surface area contributed by atoms with E-state index in [1.54, 1.807) is 0 Å². The van der Waals surface area contributed by atoms with Gasteiger partial charge in [0.15, 0.2) is 0 Å². The van der Waals surface area contributed by atoms with Gasteiger partial charge in [-0.05, 0) is 49.9 Å². The lowest BCUT2D eigenvalue weighted by Gasteiger charge is -2.20. The van der Waals surface area contributed by atoms with Crippen molar-refractivity contribution in [2.75, 3.05) is 0 Å². The molecule has 102 valence electrons. The van der Waals surface area contributed by atoms with Crippen molar-refractivity contribution in [1.29, 1.82) is 5.26 Å². The number of hydrogen-bond donors (Lipinski definition) is 1. The molecule has 0 aliphatic heterocycles. The molecule has 19 heavy (non-hydrogen) atoms. The molecule has 1 unspecified atom stereocenters. The van der Waals surface area contributed by atoms with Crippen LogP contribution in [0, 0.1) is 17.2 Å². The van der Waals surface area contributed by atoms with Crippen LogP contribution in [-0.4, -0.2) is 14.5 Å². The highest BCUT2D eigenvalue weighted by Gasteiger charge is 2.25. The molecule has 1 aliphatic carbocycles. The summed E-state index contributed by atoms with van der Waals surface area (Å²) in [6.07, 6.45) is 4.56. The second kappa shape index (κ2) is 5.72. The Labute approximate surface area is 114 Å². The van der Waals surface area contributed by atoms with Crippen molar-refractivity contribution in [2.45, 2.75) is 43.5 Å². The standard InChI is InChI=1S/C14H18N2O2S/c1-11(13-4-2-3-5-13)16-19(17,18)14-8-6-12(10-15)7-9-14/h6-9,11,13,16H,2-5H2,1H3. The summed E-state index contributed by atoms with van der Waals surface area (Å²) in [5, 5.41) is 8.71. The first-order valence-electron chi connectivity index (χ1n) is 6.55. The molecule has 0 spiro atoms. The smallest absolute Gasteiger partial charge is 0.208 e. The number of hydrogen-bond acceptors (Lipinski definition) is 3. The molecule has 1 atom stereocenters. The van der Waals surface area contributed by atoms with Gasteiger partial charge in [-0.3, -0.25) is 0 Å². The highest BCUT2D eigenvalue weighted by Crippen LogP contribution is 2.28. The topological polar surface area (TPSA) is 70.0 Å². The Bertz CT molecular complexity index is 566. The molecule has 0 amide bonds. The normalized spacial score (nSPS) is 18.1. The summed E-state index contributed by atoms with van der Waals surface area (Å²) < 4.78 is 27.2. The van der Waals surface area contributed by atoms with E-state index in [0.717, 1.165) is 12.8 Å². The van der Waals surface area contributed by atoms with E-state index in [1.807, 2.05) is 13.0 Å². The Morgan fingerprint density at radius 3 is 2.37 bits per heavy atom. The maximum absolute atomic E-state index is 12.2. The van der Waals surface area contributed by atoms with Gasteiger partial charge in [-0.1, -0.05) is 12.8 Å². The summed E-state index contributed by atoms with van der Waals surface area (Å²) in [6.45, 7) is 1.93. The molecule has 1 aromatic rings. The quantitative estimate of drug-likeness (QED) is 0.919. The summed E-state index contributed by atoms with van der Waals surface area (Å²) in [7, 11) is -3.48. The van der Waals surface area contributed by atoms with Gasteiger partial charge >= 0.3 is 0 Å². The maximum atomic E-state index is 12.2. The molecular formula is C14H18N2O2S. The summed E-state index contributed by atoms with van der Waals surface area (Å²) in [6, 6.07) is 7.93. The van der Waals surface area contributed by atoms with Crippen LogP contribution in [0.2, 0.25) is 0 Å². The van der Waals surface area contributed by atoms with Crippen LogP contribution in [0.4, 0.5) is 0 Å². The fraction of sp³-hybridized carbons (Fsp3) is 0.500. The van der Waals surface area contributed by atoms with Gasteiger partial charge in [-0.25, -0.2) is 13.1 Å². The summed E-state index contributed by atoms with van der Waals surface area (Å²) in [5.74, 6) is 0.438. The van der Waals surface area contributed by atoms with Crippen molar-refractivity contribution in [3.05, 3.63) is 29.8 Å². The third-order valence-electron chi connectivity index (χ3n) is 3.74. The van der Waals surface area contributed by atoms with Crippen molar-refractivity contribution in [2.24, 2.45) is 5.92 Å². The minimum Gasteiger partial charge on any atom is -0.208 e. The third kappa shape index (κ3) is 3.34. The molecule has 5 heteroatoms. The van der Waals surface area contributed by atoms with Crippen LogP contribution in [0.5, 0.6) is 0 Å². The highest BCUT2D eigenvalue weighted by molar-refractivity contribution is 7.89. The Morgan fingerprint density at radius 1 is 1.26 bits per heavy atom. The number of nitrogens with zero attached hydrogens (tertiary/aromatic N) is 1. The minimum atomic E-state index is -3.48. The molecule has 0 aromatic heterocycles. The SMILES string of the molecule is CC(NS(=O)(=O)c1ccc(C#N)cc1)C1CCCC1. The van der Waals surface area contributed by atoms with Crippen molar-refractivity contribution in [3.8, 4) is 6.07 Å². The van der Waals surface area contributed by atoms with Gasteiger partial charge in [-0.2, -0.15) is 5.26 Å². The molecule has 2 rings (SSSR count). The van der Waals surface area contributed by atoms with Gasteiger partial charge in [0.2, 0.25) is 10.0 Å². The van der Waals surface area contributed by atoms with Crippen LogP contribution in [0.1, 0.15) is 38.2 Å². The zero-order valence-corrected chi connectivity index (χ0v) is 11.8. The lowest BCUT2D eigenvalue weighted by Crippen LogP contribution is -2.37. The molecule has 1 aliphatic rings. The molecule has 0 bridgehead atoms. The van der Waals surface area contributed by atoms with Crippen LogP contribution >= 0.6 is 0 Å².